The zero-order valence-electron chi connectivity index (χ0n) is 15.6. The zero-order chi connectivity index (χ0) is 19.7. The lowest BCUT2D eigenvalue weighted by molar-refractivity contribution is 0.0375. The molecule has 1 N–H and O–H groups in total. The maximum atomic E-state index is 13.0. The molecule has 0 aromatic heterocycles. The van der Waals surface area contributed by atoms with Crippen LogP contribution in [0.15, 0.2) is 48.5 Å². The van der Waals surface area contributed by atoms with Gasteiger partial charge < -0.3 is 19.5 Å². The lowest BCUT2D eigenvalue weighted by atomic mass is 9.88. The third-order valence-electron chi connectivity index (χ3n) is 5.43. The standard InChI is InChI=1S/C21H22N2O5/c1-27-18-8-7-16(11-17(18)24)19(25)22-9-10-23-20(26)28-14-21(23,13-22)12-15-5-3-2-4-6-15/h2-8,11,24H,9-10,12-14H2,1H3. The maximum Gasteiger partial charge on any atom is 0.410 e. The summed E-state index contributed by atoms with van der Waals surface area (Å²) in [6.45, 7) is 1.45. The largest absolute Gasteiger partial charge is 0.504 e. The Hall–Kier alpha value is -3.22. The number of aromatic hydroxyl groups is 1. The number of benzene rings is 2. The van der Waals surface area contributed by atoms with Gasteiger partial charge in [-0.15, -0.1) is 0 Å². The van der Waals surface area contributed by atoms with Crippen molar-refractivity contribution >= 4 is 12.0 Å². The molecule has 0 bridgehead atoms. The first kappa shape index (κ1) is 18.2. The van der Waals surface area contributed by atoms with Gasteiger partial charge in [0.25, 0.3) is 5.91 Å². The quantitative estimate of drug-likeness (QED) is 0.878. The summed E-state index contributed by atoms with van der Waals surface area (Å²) in [6, 6.07) is 14.5. The van der Waals surface area contributed by atoms with Gasteiger partial charge in [0, 0.05) is 31.6 Å². The molecule has 2 aromatic rings. The van der Waals surface area contributed by atoms with Gasteiger partial charge in [-0.05, 0) is 23.8 Å². The molecular weight excluding hydrogens is 360 g/mol. The Morgan fingerprint density at radius 1 is 1.21 bits per heavy atom. The first-order valence-electron chi connectivity index (χ1n) is 9.17. The van der Waals surface area contributed by atoms with Crippen molar-refractivity contribution in [1.82, 2.24) is 9.80 Å². The van der Waals surface area contributed by atoms with E-state index < -0.39 is 5.54 Å². The second-order valence-corrected chi connectivity index (χ2v) is 7.21. The number of hydrogen-bond acceptors (Lipinski definition) is 5. The number of phenolic OH excluding ortho intramolecular Hbond substituents is 1. The van der Waals surface area contributed by atoms with E-state index in [1.807, 2.05) is 30.3 Å². The van der Waals surface area contributed by atoms with E-state index in [0.29, 0.717) is 37.4 Å². The summed E-state index contributed by atoms with van der Waals surface area (Å²) < 4.78 is 10.4. The van der Waals surface area contributed by atoms with E-state index in [1.165, 1.54) is 13.2 Å². The van der Waals surface area contributed by atoms with Crippen molar-refractivity contribution in [2.24, 2.45) is 0 Å². The van der Waals surface area contributed by atoms with Crippen molar-refractivity contribution in [3.63, 3.8) is 0 Å². The van der Waals surface area contributed by atoms with E-state index in [4.69, 9.17) is 9.47 Å². The Balaban J connectivity index is 1.59. The molecule has 0 radical (unpaired) electrons. The van der Waals surface area contributed by atoms with Crippen LogP contribution >= 0.6 is 0 Å². The van der Waals surface area contributed by atoms with Gasteiger partial charge in [0.2, 0.25) is 0 Å². The lowest BCUT2D eigenvalue weighted by Gasteiger charge is -2.44. The third-order valence-corrected chi connectivity index (χ3v) is 5.43. The van der Waals surface area contributed by atoms with Crippen LogP contribution in [0.25, 0.3) is 0 Å². The lowest BCUT2D eigenvalue weighted by Crippen LogP contribution is -2.63. The molecule has 1 unspecified atom stereocenters. The van der Waals surface area contributed by atoms with Crippen LogP contribution in [0.2, 0.25) is 0 Å². The number of rotatable bonds is 4. The molecule has 2 aromatic carbocycles. The number of hydrogen-bond donors (Lipinski definition) is 1. The molecule has 2 aliphatic rings. The highest BCUT2D eigenvalue weighted by molar-refractivity contribution is 5.95. The average Bonchev–Trinajstić information content (AvgIpc) is 3.03. The summed E-state index contributed by atoms with van der Waals surface area (Å²) in [7, 11) is 1.46. The maximum absolute atomic E-state index is 13.0. The Morgan fingerprint density at radius 3 is 2.71 bits per heavy atom. The van der Waals surface area contributed by atoms with Crippen LogP contribution in [0.1, 0.15) is 15.9 Å². The summed E-state index contributed by atoms with van der Waals surface area (Å²) in [6.07, 6.45) is 0.280. The molecule has 2 aliphatic heterocycles. The van der Waals surface area contributed by atoms with Crippen molar-refractivity contribution in [2.75, 3.05) is 33.4 Å². The second-order valence-electron chi connectivity index (χ2n) is 7.21. The van der Waals surface area contributed by atoms with Gasteiger partial charge >= 0.3 is 6.09 Å². The molecule has 2 amide bonds. The third kappa shape index (κ3) is 3.13. The van der Waals surface area contributed by atoms with Crippen molar-refractivity contribution in [3.8, 4) is 11.5 Å². The van der Waals surface area contributed by atoms with Gasteiger partial charge in [0.1, 0.15) is 12.1 Å². The zero-order valence-corrected chi connectivity index (χ0v) is 15.6. The van der Waals surface area contributed by atoms with E-state index in [-0.39, 0.29) is 24.4 Å². The highest BCUT2D eigenvalue weighted by Crippen LogP contribution is 2.33. The van der Waals surface area contributed by atoms with E-state index >= 15 is 0 Å². The van der Waals surface area contributed by atoms with Crippen molar-refractivity contribution in [3.05, 3.63) is 59.7 Å². The monoisotopic (exact) mass is 382 g/mol. The number of phenols is 1. The molecule has 2 heterocycles. The molecule has 1 atom stereocenters. The number of fused-ring (bicyclic) bond motifs is 1. The number of amides is 2. The number of carbonyl (C=O) groups is 2. The van der Waals surface area contributed by atoms with Crippen LogP contribution in [0.4, 0.5) is 4.79 Å². The van der Waals surface area contributed by atoms with Crippen LogP contribution < -0.4 is 4.74 Å². The Labute approximate surface area is 163 Å². The second kappa shape index (κ2) is 7.07. The fourth-order valence-electron chi connectivity index (χ4n) is 4.02. The van der Waals surface area contributed by atoms with Crippen LogP contribution in [-0.4, -0.2) is 65.8 Å². The number of ether oxygens (including phenoxy) is 2. The number of nitrogens with zero attached hydrogens (tertiary/aromatic N) is 2. The van der Waals surface area contributed by atoms with Crippen molar-refractivity contribution in [2.45, 2.75) is 12.0 Å². The number of carbonyl (C=O) groups excluding carboxylic acids is 2. The number of methoxy groups -OCH3 is 1. The minimum Gasteiger partial charge on any atom is -0.504 e. The summed E-state index contributed by atoms with van der Waals surface area (Å²) in [4.78, 5) is 28.7. The summed E-state index contributed by atoms with van der Waals surface area (Å²) in [5, 5.41) is 10.0. The predicted octanol–water partition coefficient (Wildman–Crippen LogP) is 2.29. The van der Waals surface area contributed by atoms with Crippen molar-refractivity contribution in [1.29, 1.82) is 0 Å². The summed E-state index contributed by atoms with van der Waals surface area (Å²) in [5.74, 6) is 0.0476. The normalized spacial score (nSPS) is 21.2. The molecule has 0 spiro atoms. The minimum absolute atomic E-state index is 0.0784. The Kier molecular flexibility index (Phi) is 4.58. The van der Waals surface area contributed by atoms with Crippen LogP contribution in [0.5, 0.6) is 11.5 Å². The minimum atomic E-state index is -0.582. The Morgan fingerprint density at radius 2 is 2.00 bits per heavy atom. The number of cyclic esters (lactones) is 1. The van der Waals surface area contributed by atoms with Gasteiger partial charge in [-0.25, -0.2) is 4.79 Å². The van der Waals surface area contributed by atoms with Gasteiger partial charge in [0.05, 0.1) is 7.11 Å². The smallest absolute Gasteiger partial charge is 0.410 e. The fourth-order valence-corrected chi connectivity index (χ4v) is 4.02. The summed E-state index contributed by atoms with van der Waals surface area (Å²) in [5.41, 5.74) is 0.884. The number of piperazine rings is 1. The molecule has 2 fully saturated rings. The molecule has 0 saturated carbocycles. The van der Waals surface area contributed by atoms with Crippen LogP contribution in [-0.2, 0) is 11.2 Å². The van der Waals surface area contributed by atoms with Gasteiger partial charge in [-0.3, -0.25) is 9.69 Å². The summed E-state index contributed by atoms with van der Waals surface area (Å²) >= 11 is 0. The molecule has 4 rings (SSSR count). The molecule has 7 heteroatoms. The molecule has 146 valence electrons. The molecule has 7 nitrogen and oxygen atoms in total. The van der Waals surface area contributed by atoms with E-state index in [2.05, 4.69) is 0 Å². The fraction of sp³-hybridized carbons (Fsp3) is 0.333. The van der Waals surface area contributed by atoms with Gasteiger partial charge in [0.15, 0.2) is 11.5 Å². The van der Waals surface area contributed by atoms with Crippen LogP contribution in [0.3, 0.4) is 0 Å². The molecular formula is C21H22N2O5. The van der Waals surface area contributed by atoms with E-state index in [9.17, 15) is 14.7 Å². The van der Waals surface area contributed by atoms with Crippen LogP contribution in [0, 0.1) is 0 Å². The predicted molar refractivity (Wildman–Crippen MR) is 101 cm³/mol. The Bertz CT molecular complexity index is 901. The topological polar surface area (TPSA) is 79.3 Å². The highest BCUT2D eigenvalue weighted by atomic mass is 16.6. The van der Waals surface area contributed by atoms with Gasteiger partial charge in [-0.1, -0.05) is 30.3 Å². The van der Waals surface area contributed by atoms with E-state index in [0.717, 1.165) is 5.56 Å². The highest BCUT2D eigenvalue weighted by Gasteiger charge is 2.51. The molecule has 2 saturated heterocycles. The SMILES string of the molecule is COc1ccc(C(=O)N2CCN3C(=O)OCC3(Cc3ccccc3)C2)cc1O. The first-order valence-corrected chi connectivity index (χ1v) is 9.17. The molecule has 0 aliphatic carbocycles. The first-order chi connectivity index (χ1) is 13.5. The molecule has 28 heavy (non-hydrogen) atoms. The van der Waals surface area contributed by atoms with E-state index in [1.54, 1.807) is 21.9 Å². The van der Waals surface area contributed by atoms with Gasteiger partial charge in [-0.2, -0.15) is 0 Å². The van der Waals surface area contributed by atoms with Crippen molar-refractivity contribution < 1.29 is 24.2 Å². The average molecular weight is 382 g/mol.